The highest BCUT2D eigenvalue weighted by atomic mass is 79.9. The van der Waals surface area contributed by atoms with Crippen LogP contribution in [0.1, 0.15) is 27.3 Å². The van der Waals surface area contributed by atoms with Gasteiger partial charge >= 0.3 is 5.97 Å². The van der Waals surface area contributed by atoms with Crippen LogP contribution in [0, 0.1) is 20.8 Å². The molecule has 1 N–H and O–H groups in total. The minimum atomic E-state index is -1.04. The van der Waals surface area contributed by atoms with Crippen molar-refractivity contribution in [2.24, 2.45) is 0 Å². The van der Waals surface area contributed by atoms with Crippen molar-refractivity contribution in [3.05, 3.63) is 51.3 Å². The van der Waals surface area contributed by atoms with Crippen LogP contribution in [0.5, 0.6) is 11.5 Å². The van der Waals surface area contributed by atoms with E-state index >= 15 is 0 Å². The molecule has 5 heteroatoms. The molecule has 0 aliphatic heterocycles. The van der Waals surface area contributed by atoms with Crippen LogP contribution in [0.2, 0.25) is 0 Å². The number of benzene rings is 1. The fourth-order valence-corrected chi connectivity index (χ4v) is 2.28. The van der Waals surface area contributed by atoms with Crippen LogP contribution in [-0.4, -0.2) is 16.1 Å². The lowest BCUT2D eigenvalue weighted by atomic mass is 10.1. The first-order chi connectivity index (χ1) is 9.38. The summed E-state index contributed by atoms with van der Waals surface area (Å²) >= 11 is 3.38. The van der Waals surface area contributed by atoms with Crippen molar-refractivity contribution in [1.82, 2.24) is 4.98 Å². The number of aromatic nitrogens is 1. The minimum Gasteiger partial charge on any atom is -0.477 e. The first kappa shape index (κ1) is 14.5. The molecule has 0 radical (unpaired) electrons. The molecular formula is C15H14BrNO3. The number of aromatic carboxylic acids is 1. The number of hydrogen-bond acceptors (Lipinski definition) is 3. The van der Waals surface area contributed by atoms with Gasteiger partial charge in [-0.1, -0.05) is 22.0 Å². The number of carboxylic acids is 1. The fourth-order valence-electron chi connectivity index (χ4n) is 1.94. The standard InChI is InChI=1S/C15H14BrNO3/c1-8-4-5-11(16)7-12(8)20-13-6-9(2)17-10(3)14(13)15(18)19/h4-7H,1-3H3,(H,18,19). The van der Waals surface area contributed by atoms with Crippen molar-refractivity contribution >= 4 is 21.9 Å². The summed E-state index contributed by atoms with van der Waals surface area (Å²) in [5.74, 6) is -0.117. The minimum absolute atomic E-state index is 0.0926. The van der Waals surface area contributed by atoms with Crippen molar-refractivity contribution in [3.8, 4) is 11.5 Å². The van der Waals surface area contributed by atoms with Crippen LogP contribution < -0.4 is 4.74 Å². The summed E-state index contributed by atoms with van der Waals surface area (Å²) in [6.07, 6.45) is 0. The maximum Gasteiger partial charge on any atom is 0.341 e. The van der Waals surface area contributed by atoms with Crippen molar-refractivity contribution in [3.63, 3.8) is 0 Å². The van der Waals surface area contributed by atoms with Crippen LogP contribution in [0.4, 0.5) is 0 Å². The molecule has 0 fully saturated rings. The number of ether oxygens (including phenoxy) is 1. The third-order valence-electron chi connectivity index (χ3n) is 2.88. The van der Waals surface area contributed by atoms with Gasteiger partial charge in [-0.3, -0.25) is 4.98 Å². The first-order valence-electron chi connectivity index (χ1n) is 6.04. The average Bonchev–Trinajstić information content (AvgIpc) is 2.32. The lowest BCUT2D eigenvalue weighted by molar-refractivity contribution is 0.0692. The highest BCUT2D eigenvalue weighted by Crippen LogP contribution is 2.31. The largest absolute Gasteiger partial charge is 0.477 e. The Hall–Kier alpha value is -1.88. The number of carbonyl (C=O) groups is 1. The molecule has 104 valence electrons. The molecule has 0 atom stereocenters. The highest BCUT2D eigenvalue weighted by molar-refractivity contribution is 9.10. The Morgan fingerprint density at radius 1 is 1.20 bits per heavy atom. The predicted molar refractivity (Wildman–Crippen MR) is 79.6 cm³/mol. The molecule has 20 heavy (non-hydrogen) atoms. The molecule has 0 aliphatic carbocycles. The third kappa shape index (κ3) is 2.99. The van der Waals surface area contributed by atoms with Gasteiger partial charge in [0, 0.05) is 16.2 Å². The van der Waals surface area contributed by atoms with Gasteiger partial charge in [-0.25, -0.2) is 4.79 Å². The SMILES string of the molecule is Cc1cc(Oc2cc(Br)ccc2C)c(C(=O)O)c(C)n1. The Kier molecular flexibility index (Phi) is 4.09. The zero-order valence-corrected chi connectivity index (χ0v) is 13.0. The number of nitrogens with zero attached hydrogens (tertiary/aromatic N) is 1. The predicted octanol–water partition coefficient (Wildman–Crippen LogP) is 4.26. The summed E-state index contributed by atoms with van der Waals surface area (Å²) in [5, 5.41) is 9.31. The lowest BCUT2D eigenvalue weighted by Gasteiger charge is -2.13. The average molecular weight is 336 g/mol. The fraction of sp³-hybridized carbons (Fsp3) is 0.200. The second-order valence-corrected chi connectivity index (χ2v) is 5.45. The van der Waals surface area contributed by atoms with Gasteiger partial charge < -0.3 is 9.84 Å². The van der Waals surface area contributed by atoms with Crippen molar-refractivity contribution in [2.45, 2.75) is 20.8 Å². The van der Waals surface area contributed by atoms with E-state index < -0.39 is 5.97 Å². The molecule has 1 aromatic heterocycles. The Morgan fingerprint density at radius 2 is 1.90 bits per heavy atom. The molecule has 2 rings (SSSR count). The topological polar surface area (TPSA) is 59.4 Å². The number of halogens is 1. The van der Waals surface area contributed by atoms with Gasteiger partial charge in [0.1, 0.15) is 17.1 Å². The van der Waals surface area contributed by atoms with Crippen LogP contribution in [-0.2, 0) is 0 Å². The molecule has 1 heterocycles. The second kappa shape index (κ2) is 5.63. The molecule has 0 spiro atoms. The van der Waals surface area contributed by atoms with Gasteiger partial charge in [0.25, 0.3) is 0 Å². The summed E-state index contributed by atoms with van der Waals surface area (Å²) in [6, 6.07) is 7.26. The van der Waals surface area contributed by atoms with Gasteiger partial charge in [-0.2, -0.15) is 0 Å². The van der Waals surface area contributed by atoms with Crippen LogP contribution >= 0.6 is 15.9 Å². The van der Waals surface area contributed by atoms with Gasteiger partial charge in [0.2, 0.25) is 0 Å². The molecule has 0 aliphatic rings. The number of aryl methyl sites for hydroxylation is 3. The molecule has 0 bridgehead atoms. The highest BCUT2D eigenvalue weighted by Gasteiger charge is 2.18. The van der Waals surface area contributed by atoms with E-state index in [9.17, 15) is 9.90 Å². The van der Waals surface area contributed by atoms with Crippen LogP contribution in [0.25, 0.3) is 0 Å². The van der Waals surface area contributed by atoms with E-state index in [1.165, 1.54) is 0 Å². The number of rotatable bonds is 3. The van der Waals surface area contributed by atoms with Crippen LogP contribution in [0.3, 0.4) is 0 Å². The van der Waals surface area contributed by atoms with E-state index in [2.05, 4.69) is 20.9 Å². The Balaban J connectivity index is 2.53. The molecule has 2 aromatic rings. The van der Waals surface area contributed by atoms with Gasteiger partial charge in [-0.15, -0.1) is 0 Å². The van der Waals surface area contributed by atoms with Crippen LogP contribution in [0.15, 0.2) is 28.7 Å². The molecule has 0 unspecified atom stereocenters. The Labute approximate surface area is 125 Å². The van der Waals surface area contributed by atoms with E-state index in [0.29, 0.717) is 17.2 Å². The summed E-state index contributed by atoms with van der Waals surface area (Å²) in [4.78, 5) is 15.5. The molecule has 0 saturated heterocycles. The zero-order valence-electron chi connectivity index (χ0n) is 11.4. The molecular weight excluding hydrogens is 322 g/mol. The summed E-state index contributed by atoms with van der Waals surface area (Å²) in [6.45, 7) is 5.37. The number of hydrogen-bond donors (Lipinski definition) is 1. The van der Waals surface area contributed by atoms with Gasteiger partial charge in [0.15, 0.2) is 0 Å². The molecule has 1 aromatic carbocycles. The quantitative estimate of drug-likeness (QED) is 0.910. The van der Waals surface area contributed by atoms with E-state index in [-0.39, 0.29) is 5.56 Å². The van der Waals surface area contributed by atoms with E-state index in [1.807, 2.05) is 25.1 Å². The maximum absolute atomic E-state index is 11.4. The summed E-state index contributed by atoms with van der Waals surface area (Å²) < 4.78 is 6.67. The molecule has 0 saturated carbocycles. The van der Waals surface area contributed by atoms with Gasteiger partial charge in [-0.05, 0) is 38.5 Å². The zero-order chi connectivity index (χ0) is 14.9. The van der Waals surface area contributed by atoms with Crippen molar-refractivity contribution in [1.29, 1.82) is 0 Å². The summed E-state index contributed by atoms with van der Waals surface area (Å²) in [5.41, 5.74) is 2.18. The lowest BCUT2D eigenvalue weighted by Crippen LogP contribution is -2.06. The van der Waals surface area contributed by atoms with Gasteiger partial charge in [0.05, 0.1) is 5.69 Å². The normalized spacial score (nSPS) is 10.4. The summed E-state index contributed by atoms with van der Waals surface area (Å²) in [7, 11) is 0. The maximum atomic E-state index is 11.4. The number of carboxylic acid groups (broad SMARTS) is 1. The van der Waals surface area contributed by atoms with Crippen molar-refractivity contribution < 1.29 is 14.6 Å². The van der Waals surface area contributed by atoms with E-state index in [1.54, 1.807) is 19.9 Å². The number of pyridine rings is 1. The Morgan fingerprint density at radius 3 is 2.55 bits per heavy atom. The smallest absolute Gasteiger partial charge is 0.341 e. The Bertz CT molecular complexity index is 683. The van der Waals surface area contributed by atoms with Crippen molar-refractivity contribution in [2.75, 3.05) is 0 Å². The first-order valence-corrected chi connectivity index (χ1v) is 6.83. The third-order valence-corrected chi connectivity index (χ3v) is 3.37. The molecule has 0 amide bonds. The monoisotopic (exact) mass is 335 g/mol. The second-order valence-electron chi connectivity index (χ2n) is 4.54. The molecule has 4 nitrogen and oxygen atoms in total. The van der Waals surface area contributed by atoms with E-state index in [4.69, 9.17) is 4.74 Å². The van der Waals surface area contributed by atoms with E-state index in [0.717, 1.165) is 15.7 Å².